The smallest absolute Gasteiger partial charge is 0.250 e. The molecule has 0 N–H and O–H groups in total. The molecule has 0 bridgehead atoms. The number of carbonyl (C=O) groups is 1. The third kappa shape index (κ3) is 4.84. The van der Waals surface area contributed by atoms with Gasteiger partial charge in [-0.05, 0) is 49.6 Å². The molecule has 208 valence electrons. The summed E-state index contributed by atoms with van der Waals surface area (Å²) in [5.41, 5.74) is 4.10. The van der Waals surface area contributed by atoms with Gasteiger partial charge in [0.25, 0.3) is 0 Å². The van der Waals surface area contributed by atoms with Crippen LogP contribution in [0.2, 0.25) is 0 Å². The summed E-state index contributed by atoms with van der Waals surface area (Å²) in [7, 11) is 1.71. The Balaban J connectivity index is 1.63. The Kier molecular flexibility index (Phi) is 6.78. The number of imidazole rings is 1. The Labute approximate surface area is 240 Å². The van der Waals surface area contributed by atoms with E-state index < -0.39 is 5.82 Å². The maximum Gasteiger partial charge on any atom is 0.250 e. The fourth-order valence-corrected chi connectivity index (χ4v) is 6.11. The molecule has 10 heteroatoms. The second-order valence-electron chi connectivity index (χ2n) is 10.2. The molecule has 0 fully saturated rings. The molecule has 0 atom stereocenters. The molecular formula is C31H28FN5O3S. The minimum Gasteiger partial charge on any atom is -0.490 e. The molecule has 5 heterocycles. The molecule has 4 aromatic heterocycles. The number of amides is 1. The molecule has 0 unspecified atom stereocenters. The summed E-state index contributed by atoms with van der Waals surface area (Å²) in [6.45, 7) is 8.90. The van der Waals surface area contributed by atoms with Gasteiger partial charge < -0.3 is 18.8 Å². The lowest BCUT2D eigenvalue weighted by atomic mass is 9.97. The Morgan fingerprint density at radius 3 is 2.71 bits per heavy atom. The van der Waals surface area contributed by atoms with Gasteiger partial charge in [0.05, 0.1) is 18.3 Å². The largest absolute Gasteiger partial charge is 0.490 e. The van der Waals surface area contributed by atoms with E-state index in [-0.39, 0.29) is 17.6 Å². The fraction of sp³-hybridized carbons (Fsp3) is 0.226. The number of pyridine rings is 2. The van der Waals surface area contributed by atoms with Crippen molar-refractivity contribution >= 4 is 27.3 Å². The van der Waals surface area contributed by atoms with E-state index in [1.165, 1.54) is 28.8 Å². The van der Waals surface area contributed by atoms with Gasteiger partial charge in [0.2, 0.25) is 11.5 Å². The highest BCUT2D eigenvalue weighted by Gasteiger charge is 2.27. The Bertz CT molecular complexity index is 1890. The average Bonchev–Trinajstić information content (AvgIpc) is 3.60. The standard InChI is InChI=1S/C31H28FN5O3S/c1-5-26(38)37-12-11-36-16-23(33-25(36)17-37)30-28(21-8-7-20(32)14-24(21)40-18(2)3)31-22(10-13-41-31)29(34-30)19-6-9-27(39)35(4)15-19/h5-10,13-16,18H,1,11-12,17H2,2-4H3. The van der Waals surface area contributed by atoms with Gasteiger partial charge in [-0.15, -0.1) is 11.3 Å². The minimum atomic E-state index is -0.396. The van der Waals surface area contributed by atoms with Crippen molar-refractivity contribution in [2.75, 3.05) is 6.54 Å². The molecule has 1 aliphatic rings. The van der Waals surface area contributed by atoms with Crippen LogP contribution in [-0.2, 0) is 24.9 Å². The van der Waals surface area contributed by atoms with Crippen LogP contribution in [0.1, 0.15) is 19.7 Å². The van der Waals surface area contributed by atoms with Crippen LogP contribution in [0.3, 0.4) is 0 Å². The minimum absolute atomic E-state index is 0.116. The molecule has 0 saturated heterocycles. The summed E-state index contributed by atoms with van der Waals surface area (Å²) in [4.78, 5) is 36.3. The van der Waals surface area contributed by atoms with Crippen LogP contribution in [0.25, 0.3) is 43.9 Å². The summed E-state index contributed by atoms with van der Waals surface area (Å²) in [5.74, 6) is 0.618. The molecule has 1 amide bonds. The van der Waals surface area contributed by atoms with E-state index in [0.717, 1.165) is 27.0 Å². The number of carbonyl (C=O) groups excluding carboxylic acids is 1. The van der Waals surface area contributed by atoms with E-state index in [2.05, 4.69) is 6.58 Å². The topological polar surface area (TPSA) is 82.2 Å². The van der Waals surface area contributed by atoms with Crippen LogP contribution in [0.5, 0.6) is 5.75 Å². The molecule has 0 spiro atoms. The number of rotatable bonds is 6. The number of benzene rings is 1. The fourth-order valence-electron chi connectivity index (χ4n) is 5.15. The Morgan fingerprint density at radius 2 is 1.95 bits per heavy atom. The van der Waals surface area contributed by atoms with Crippen molar-refractivity contribution in [1.29, 1.82) is 0 Å². The lowest BCUT2D eigenvalue weighted by Crippen LogP contribution is -2.37. The summed E-state index contributed by atoms with van der Waals surface area (Å²) in [6, 6.07) is 9.84. The number of aromatic nitrogens is 4. The molecule has 41 heavy (non-hydrogen) atoms. The highest BCUT2D eigenvalue weighted by molar-refractivity contribution is 7.18. The van der Waals surface area contributed by atoms with Gasteiger partial charge in [0.15, 0.2) is 0 Å². The number of fused-ring (bicyclic) bond motifs is 2. The Hall–Kier alpha value is -4.57. The maximum absolute atomic E-state index is 14.5. The number of hydrogen-bond donors (Lipinski definition) is 0. The maximum atomic E-state index is 14.5. The van der Waals surface area contributed by atoms with Gasteiger partial charge in [-0.1, -0.05) is 6.58 Å². The first-order valence-corrected chi connectivity index (χ1v) is 14.1. The molecule has 0 aliphatic carbocycles. The van der Waals surface area contributed by atoms with Crippen LogP contribution in [0, 0.1) is 5.82 Å². The quantitative estimate of drug-likeness (QED) is 0.247. The van der Waals surface area contributed by atoms with E-state index in [1.54, 1.807) is 41.6 Å². The highest BCUT2D eigenvalue weighted by atomic mass is 32.1. The molecule has 0 radical (unpaired) electrons. The van der Waals surface area contributed by atoms with Gasteiger partial charge >= 0.3 is 0 Å². The van der Waals surface area contributed by atoms with Crippen LogP contribution in [0.4, 0.5) is 4.39 Å². The van der Waals surface area contributed by atoms with E-state index in [1.807, 2.05) is 36.1 Å². The van der Waals surface area contributed by atoms with E-state index >= 15 is 0 Å². The molecule has 1 aromatic carbocycles. The predicted octanol–water partition coefficient (Wildman–Crippen LogP) is 5.65. The van der Waals surface area contributed by atoms with Gasteiger partial charge in [-0.3, -0.25) is 9.59 Å². The van der Waals surface area contributed by atoms with Crippen molar-refractivity contribution in [3.63, 3.8) is 0 Å². The van der Waals surface area contributed by atoms with Crippen molar-refractivity contribution < 1.29 is 13.9 Å². The Morgan fingerprint density at radius 1 is 1.12 bits per heavy atom. The average molecular weight is 570 g/mol. The van der Waals surface area contributed by atoms with Crippen LogP contribution in [0.15, 0.2) is 71.6 Å². The first kappa shape index (κ1) is 26.6. The third-order valence-electron chi connectivity index (χ3n) is 7.07. The SMILES string of the molecule is C=CC(=O)N1CCn2cc(-c3nc(-c4ccc(=O)n(C)c4)c4ccsc4c3-c3ccc(F)cc3OC(C)C)nc2C1. The van der Waals surface area contributed by atoms with Gasteiger partial charge in [0.1, 0.15) is 28.8 Å². The zero-order valence-corrected chi connectivity index (χ0v) is 23.7. The van der Waals surface area contributed by atoms with Crippen molar-refractivity contribution in [2.45, 2.75) is 33.0 Å². The number of aryl methyl sites for hydroxylation is 1. The molecule has 6 rings (SSSR count). The van der Waals surface area contributed by atoms with Crippen molar-refractivity contribution in [2.24, 2.45) is 7.05 Å². The number of nitrogens with zero attached hydrogens (tertiary/aromatic N) is 5. The lowest BCUT2D eigenvalue weighted by molar-refractivity contribution is -0.127. The first-order valence-electron chi connectivity index (χ1n) is 13.3. The van der Waals surface area contributed by atoms with E-state index in [9.17, 15) is 14.0 Å². The lowest BCUT2D eigenvalue weighted by Gasteiger charge is -2.26. The zero-order chi connectivity index (χ0) is 28.8. The second-order valence-corrected chi connectivity index (χ2v) is 11.1. The predicted molar refractivity (Wildman–Crippen MR) is 158 cm³/mol. The molecule has 1 aliphatic heterocycles. The summed E-state index contributed by atoms with van der Waals surface area (Å²) in [5, 5.41) is 2.90. The zero-order valence-electron chi connectivity index (χ0n) is 22.9. The van der Waals surface area contributed by atoms with Crippen molar-refractivity contribution in [3.8, 4) is 39.5 Å². The summed E-state index contributed by atoms with van der Waals surface area (Å²) in [6.07, 6.45) is 4.86. The van der Waals surface area contributed by atoms with E-state index in [4.69, 9.17) is 14.7 Å². The third-order valence-corrected chi connectivity index (χ3v) is 8.01. The molecule has 5 aromatic rings. The van der Waals surface area contributed by atoms with Gasteiger partial charge in [-0.25, -0.2) is 14.4 Å². The first-order chi connectivity index (χ1) is 19.7. The van der Waals surface area contributed by atoms with Crippen LogP contribution >= 0.6 is 11.3 Å². The number of thiophene rings is 1. The van der Waals surface area contributed by atoms with Gasteiger partial charge in [-0.2, -0.15) is 0 Å². The van der Waals surface area contributed by atoms with Crippen LogP contribution in [-0.4, -0.2) is 42.6 Å². The summed E-state index contributed by atoms with van der Waals surface area (Å²) < 4.78 is 25.1. The normalized spacial score (nSPS) is 13.0. The molecule has 0 saturated carbocycles. The number of hydrogen-bond acceptors (Lipinski definition) is 6. The molecule has 8 nitrogen and oxygen atoms in total. The highest BCUT2D eigenvalue weighted by Crippen LogP contribution is 2.46. The second kappa shape index (κ2) is 10.4. The summed E-state index contributed by atoms with van der Waals surface area (Å²) >= 11 is 1.55. The van der Waals surface area contributed by atoms with Crippen molar-refractivity contribution in [3.05, 3.63) is 88.8 Å². The monoisotopic (exact) mass is 569 g/mol. The van der Waals surface area contributed by atoms with Gasteiger partial charge in [0, 0.05) is 71.4 Å². The van der Waals surface area contributed by atoms with Crippen molar-refractivity contribution in [1.82, 2.24) is 24.0 Å². The van der Waals surface area contributed by atoms with Crippen LogP contribution < -0.4 is 10.3 Å². The van der Waals surface area contributed by atoms with E-state index in [0.29, 0.717) is 48.0 Å². The molecular weight excluding hydrogens is 541 g/mol. The number of halogens is 1. The number of ether oxygens (including phenoxy) is 1.